The molecule has 1 aromatic carbocycles. The van der Waals surface area contributed by atoms with Gasteiger partial charge in [0, 0.05) is 23.0 Å². The minimum Gasteiger partial charge on any atom is -0.466 e. The smallest absolute Gasteiger partial charge is 0.305 e. The predicted octanol–water partition coefficient (Wildman–Crippen LogP) is 4.54. The Bertz CT molecular complexity index is 707. The van der Waals surface area contributed by atoms with Crippen molar-refractivity contribution in [2.24, 2.45) is 0 Å². The number of ether oxygens (including phenoxy) is 1. The summed E-state index contributed by atoms with van der Waals surface area (Å²) in [4.78, 5) is 25.8. The molecule has 1 fully saturated rings. The Balaban J connectivity index is 2.03. The van der Waals surface area contributed by atoms with E-state index in [1.54, 1.807) is 31.2 Å². The molecule has 0 N–H and O–H groups in total. The van der Waals surface area contributed by atoms with Gasteiger partial charge >= 0.3 is 5.97 Å². The van der Waals surface area contributed by atoms with Crippen LogP contribution in [-0.4, -0.2) is 34.2 Å². The minimum atomic E-state index is -0.272. The normalized spacial score (nSPS) is 16.1. The Kier molecular flexibility index (Phi) is 7.10. The molecule has 0 atom stereocenters. The monoisotopic (exact) mass is 403 g/mol. The van der Waals surface area contributed by atoms with Crippen molar-refractivity contribution < 1.29 is 14.3 Å². The molecular weight excluding hydrogens is 389 g/mol. The van der Waals surface area contributed by atoms with Crippen LogP contribution in [0, 0.1) is 0 Å². The summed E-state index contributed by atoms with van der Waals surface area (Å²) in [5.74, 6) is -0.452. The zero-order chi connectivity index (χ0) is 17.7. The van der Waals surface area contributed by atoms with Gasteiger partial charge in [-0.3, -0.25) is 14.5 Å². The first-order valence-electron chi connectivity index (χ1n) is 7.28. The number of carbonyl (C=O) groups is 2. The van der Waals surface area contributed by atoms with Crippen LogP contribution in [0.2, 0.25) is 10.0 Å². The van der Waals surface area contributed by atoms with Crippen molar-refractivity contribution in [1.82, 2.24) is 4.90 Å². The fourth-order valence-corrected chi connectivity index (χ4v) is 3.83. The van der Waals surface area contributed by atoms with Gasteiger partial charge in [0.15, 0.2) is 0 Å². The molecule has 1 saturated heterocycles. The number of halogens is 2. The van der Waals surface area contributed by atoms with Gasteiger partial charge in [-0.25, -0.2) is 0 Å². The molecule has 24 heavy (non-hydrogen) atoms. The molecule has 1 aliphatic heterocycles. The van der Waals surface area contributed by atoms with Crippen molar-refractivity contribution in [2.75, 3.05) is 13.2 Å². The maximum absolute atomic E-state index is 12.5. The number of thiocarbonyl (C=S) groups is 1. The third-order valence-electron chi connectivity index (χ3n) is 3.19. The fourth-order valence-electron chi connectivity index (χ4n) is 2.07. The number of hydrogen-bond donors (Lipinski definition) is 0. The Morgan fingerprint density at radius 1 is 1.42 bits per heavy atom. The van der Waals surface area contributed by atoms with Crippen LogP contribution in [-0.2, 0) is 14.3 Å². The summed E-state index contributed by atoms with van der Waals surface area (Å²) in [5.41, 5.74) is 0.702. The van der Waals surface area contributed by atoms with Crippen LogP contribution in [0.15, 0.2) is 23.1 Å². The highest BCUT2D eigenvalue weighted by Crippen LogP contribution is 2.34. The van der Waals surface area contributed by atoms with Crippen molar-refractivity contribution in [3.05, 3.63) is 38.7 Å². The highest BCUT2D eigenvalue weighted by atomic mass is 35.5. The average molecular weight is 404 g/mol. The van der Waals surface area contributed by atoms with E-state index in [9.17, 15) is 9.59 Å². The molecular formula is C16H15Cl2NO3S2. The topological polar surface area (TPSA) is 46.6 Å². The highest BCUT2D eigenvalue weighted by molar-refractivity contribution is 8.26. The van der Waals surface area contributed by atoms with Crippen molar-refractivity contribution in [3.63, 3.8) is 0 Å². The lowest BCUT2D eigenvalue weighted by Crippen LogP contribution is -2.29. The molecule has 1 aromatic rings. The van der Waals surface area contributed by atoms with Crippen LogP contribution in [0.3, 0.4) is 0 Å². The maximum atomic E-state index is 12.5. The molecule has 1 aliphatic rings. The molecule has 128 valence electrons. The van der Waals surface area contributed by atoms with E-state index in [0.29, 0.717) is 44.4 Å². The predicted molar refractivity (Wildman–Crippen MR) is 102 cm³/mol. The number of amides is 1. The van der Waals surface area contributed by atoms with Crippen molar-refractivity contribution >= 4 is 69.5 Å². The van der Waals surface area contributed by atoms with Crippen molar-refractivity contribution in [3.8, 4) is 0 Å². The van der Waals surface area contributed by atoms with Gasteiger partial charge in [-0.05, 0) is 37.1 Å². The highest BCUT2D eigenvalue weighted by Gasteiger charge is 2.31. The van der Waals surface area contributed by atoms with E-state index in [4.69, 9.17) is 40.2 Å². The van der Waals surface area contributed by atoms with E-state index in [2.05, 4.69) is 0 Å². The number of thioether (sulfide) groups is 1. The van der Waals surface area contributed by atoms with E-state index in [-0.39, 0.29) is 18.3 Å². The fraction of sp³-hybridized carbons (Fsp3) is 0.312. The molecule has 1 heterocycles. The molecule has 2 rings (SSSR count). The van der Waals surface area contributed by atoms with E-state index in [0.717, 1.165) is 0 Å². The van der Waals surface area contributed by atoms with Gasteiger partial charge in [-0.1, -0.05) is 53.2 Å². The second-order valence-corrected chi connectivity index (χ2v) is 7.43. The summed E-state index contributed by atoms with van der Waals surface area (Å²) in [6.45, 7) is 2.49. The standard InChI is InChI=1S/C16H15Cl2NO3S2/c1-2-22-14(20)4-3-7-19-15(21)13(24-16(19)23)8-10-5-6-11(17)9-12(10)18/h5-6,8-9H,2-4,7H2,1H3/b13-8-. The molecule has 0 unspecified atom stereocenters. The third kappa shape index (κ3) is 4.96. The summed E-state index contributed by atoms with van der Waals surface area (Å²) in [7, 11) is 0. The number of hydrogen-bond acceptors (Lipinski definition) is 5. The van der Waals surface area contributed by atoms with Crippen LogP contribution in [0.4, 0.5) is 0 Å². The molecule has 0 aromatic heterocycles. The first kappa shape index (κ1) is 19.2. The number of rotatable bonds is 6. The van der Waals surface area contributed by atoms with Crippen LogP contribution >= 0.6 is 47.2 Å². The number of carbonyl (C=O) groups excluding carboxylic acids is 2. The second kappa shape index (κ2) is 8.85. The van der Waals surface area contributed by atoms with Gasteiger partial charge in [0.2, 0.25) is 0 Å². The molecule has 4 nitrogen and oxygen atoms in total. The summed E-state index contributed by atoms with van der Waals surface area (Å²) in [6.07, 6.45) is 2.45. The maximum Gasteiger partial charge on any atom is 0.305 e. The van der Waals surface area contributed by atoms with Gasteiger partial charge in [0.1, 0.15) is 4.32 Å². The average Bonchev–Trinajstić information content (AvgIpc) is 2.78. The Morgan fingerprint density at radius 3 is 2.83 bits per heavy atom. The largest absolute Gasteiger partial charge is 0.466 e. The van der Waals surface area contributed by atoms with Gasteiger partial charge in [-0.15, -0.1) is 0 Å². The van der Waals surface area contributed by atoms with Gasteiger partial charge in [-0.2, -0.15) is 0 Å². The molecule has 0 aliphatic carbocycles. The number of esters is 1. The quantitative estimate of drug-likeness (QED) is 0.396. The molecule has 0 bridgehead atoms. The molecule has 8 heteroatoms. The minimum absolute atomic E-state index is 0.181. The van der Waals surface area contributed by atoms with Gasteiger partial charge in [0.05, 0.1) is 11.5 Å². The van der Waals surface area contributed by atoms with E-state index >= 15 is 0 Å². The van der Waals surface area contributed by atoms with Gasteiger partial charge < -0.3 is 4.74 Å². The third-order valence-corrected chi connectivity index (χ3v) is 5.13. The van der Waals surface area contributed by atoms with E-state index in [1.807, 2.05) is 0 Å². The zero-order valence-corrected chi connectivity index (χ0v) is 16.0. The second-order valence-electron chi connectivity index (χ2n) is 4.91. The number of nitrogens with zero attached hydrogens (tertiary/aromatic N) is 1. The first-order valence-corrected chi connectivity index (χ1v) is 9.26. The molecule has 0 radical (unpaired) electrons. The van der Waals surface area contributed by atoms with Crippen molar-refractivity contribution in [2.45, 2.75) is 19.8 Å². The number of benzene rings is 1. The summed E-state index contributed by atoms with van der Waals surface area (Å²) in [5, 5.41) is 0.999. The van der Waals surface area contributed by atoms with Crippen molar-refractivity contribution in [1.29, 1.82) is 0 Å². The lowest BCUT2D eigenvalue weighted by molar-refractivity contribution is -0.143. The first-order chi connectivity index (χ1) is 11.4. The van der Waals surface area contributed by atoms with E-state index < -0.39 is 0 Å². The van der Waals surface area contributed by atoms with Crippen LogP contribution in [0.1, 0.15) is 25.3 Å². The Hall–Kier alpha value is -1.08. The molecule has 1 amide bonds. The summed E-state index contributed by atoms with van der Waals surface area (Å²) >= 11 is 18.5. The Labute approximate surface area is 160 Å². The summed E-state index contributed by atoms with van der Waals surface area (Å²) in [6, 6.07) is 5.08. The lowest BCUT2D eigenvalue weighted by atomic mass is 10.2. The zero-order valence-electron chi connectivity index (χ0n) is 12.9. The SMILES string of the molecule is CCOC(=O)CCCN1C(=O)/C(=C/c2ccc(Cl)cc2Cl)SC1=S. The van der Waals surface area contributed by atoms with E-state index in [1.165, 1.54) is 16.7 Å². The van der Waals surface area contributed by atoms with Crippen LogP contribution < -0.4 is 0 Å². The lowest BCUT2D eigenvalue weighted by Gasteiger charge is -2.13. The Morgan fingerprint density at radius 2 is 2.17 bits per heavy atom. The van der Waals surface area contributed by atoms with Crippen LogP contribution in [0.25, 0.3) is 6.08 Å². The van der Waals surface area contributed by atoms with Crippen LogP contribution in [0.5, 0.6) is 0 Å². The molecule has 0 saturated carbocycles. The van der Waals surface area contributed by atoms with Gasteiger partial charge in [0.25, 0.3) is 5.91 Å². The summed E-state index contributed by atoms with van der Waals surface area (Å²) < 4.78 is 5.34. The molecule has 0 spiro atoms.